The Hall–Kier alpha value is -5.31. The van der Waals surface area contributed by atoms with Crippen LogP contribution in [-0.4, -0.2) is 34.9 Å². The summed E-state index contributed by atoms with van der Waals surface area (Å²) in [7, 11) is 0. The number of rotatable bonds is 8. The molecular weight excluding hydrogens is 557 g/mol. The molecule has 1 saturated carbocycles. The van der Waals surface area contributed by atoms with Crippen LogP contribution in [0.25, 0.3) is 22.0 Å². The van der Waals surface area contributed by atoms with Crippen molar-refractivity contribution in [1.82, 2.24) is 9.97 Å². The molecule has 2 aliphatic rings. The van der Waals surface area contributed by atoms with Gasteiger partial charge in [-0.05, 0) is 110 Å². The van der Waals surface area contributed by atoms with Crippen LogP contribution in [0, 0.1) is 11.2 Å². The number of aromatic nitrogens is 2. The SMILES string of the molecule is O=C(Nc1ccc(F)cc1)C1(C(=O)Nc2ccc(Oc3ccnc4cc(-c5ccc(N6CCCC6)nc5)ccc34)cc2)CC1. The minimum absolute atomic E-state index is 0.373. The van der Waals surface area contributed by atoms with E-state index in [9.17, 15) is 14.0 Å². The maximum atomic E-state index is 13.2. The van der Waals surface area contributed by atoms with Gasteiger partial charge in [0.05, 0.1) is 5.52 Å². The first-order valence-corrected chi connectivity index (χ1v) is 14.7. The minimum atomic E-state index is -1.13. The molecule has 2 aromatic heterocycles. The molecule has 1 aliphatic carbocycles. The molecule has 2 N–H and O–H groups in total. The Morgan fingerprint density at radius 2 is 1.43 bits per heavy atom. The van der Waals surface area contributed by atoms with Gasteiger partial charge in [0.15, 0.2) is 0 Å². The molecule has 0 radical (unpaired) electrons. The monoisotopic (exact) mass is 587 g/mol. The minimum Gasteiger partial charge on any atom is -0.457 e. The fourth-order valence-electron chi connectivity index (χ4n) is 5.53. The zero-order valence-electron chi connectivity index (χ0n) is 23.9. The Morgan fingerprint density at radius 1 is 0.773 bits per heavy atom. The fourth-order valence-corrected chi connectivity index (χ4v) is 5.53. The summed E-state index contributed by atoms with van der Waals surface area (Å²) in [6, 6.07) is 24.6. The largest absolute Gasteiger partial charge is 0.457 e. The Bertz CT molecular complexity index is 1830. The number of carbonyl (C=O) groups is 2. The van der Waals surface area contributed by atoms with Crippen molar-refractivity contribution in [2.75, 3.05) is 28.6 Å². The number of anilines is 3. The lowest BCUT2D eigenvalue weighted by Gasteiger charge is -2.16. The Kier molecular flexibility index (Phi) is 7.13. The van der Waals surface area contributed by atoms with Gasteiger partial charge in [-0.25, -0.2) is 9.37 Å². The molecule has 3 heterocycles. The summed E-state index contributed by atoms with van der Waals surface area (Å²) in [6.07, 6.45) is 6.96. The molecule has 2 fully saturated rings. The highest BCUT2D eigenvalue weighted by molar-refractivity contribution is 6.16. The number of amides is 2. The number of nitrogens with one attached hydrogen (secondary N) is 2. The Labute approximate surface area is 253 Å². The van der Waals surface area contributed by atoms with E-state index in [-0.39, 0.29) is 5.91 Å². The Morgan fingerprint density at radius 3 is 2.07 bits per heavy atom. The zero-order chi connectivity index (χ0) is 30.1. The summed E-state index contributed by atoms with van der Waals surface area (Å²) in [5, 5.41) is 6.44. The molecule has 220 valence electrons. The van der Waals surface area contributed by atoms with E-state index in [1.807, 2.05) is 30.5 Å². The first-order chi connectivity index (χ1) is 21.5. The molecule has 2 amide bonds. The van der Waals surface area contributed by atoms with E-state index in [4.69, 9.17) is 4.74 Å². The van der Waals surface area contributed by atoms with Crippen LogP contribution in [0.1, 0.15) is 25.7 Å². The lowest BCUT2D eigenvalue weighted by atomic mass is 10.0. The third-order valence-electron chi connectivity index (χ3n) is 8.28. The molecule has 1 saturated heterocycles. The summed E-state index contributed by atoms with van der Waals surface area (Å²) in [5.74, 6) is 1.11. The van der Waals surface area contributed by atoms with Gasteiger partial charge in [-0.1, -0.05) is 6.07 Å². The number of hydrogen-bond acceptors (Lipinski definition) is 6. The van der Waals surface area contributed by atoms with E-state index in [1.165, 1.54) is 37.1 Å². The van der Waals surface area contributed by atoms with Crippen LogP contribution >= 0.6 is 0 Å². The summed E-state index contributed by atoms with van der Waals surface area (Å²) in [6.45, 7) is 2.12. The molecule has 8 nitrogen and oxygen atoms in total. The number of benzene rings is 3. The third-order valence-corrected chi connectivity index (χ3v) is 8.28. The highest BCUT2D eigenvalue weighted by Crippen LogP contribution is 2.47. The molecular formula is C35H30FN5O3. The summed E-state index contributed by atoms with van der Waals surface area (Å²) in [5.41, 5.74) is 2.73. The van der Waals surface area contributed by atoms with Crippen molar-refractivity contribution in [2.45, 2.75) is 25.7 Å². The first-order valence-electron chi connectivity index (χ1n) is 14.7. The quantitative estimate of drug-likeness (QED) is 0.187. The maximum absolute atomic E-state index is 13.2. The zero-order valence-corrected chi connectivity index (χ0v) is 23.9. The summed E-state index contributed by atoms with van der Waals surface area (Å²) >= 11 is 0. The Balaban J connectivity index is 1.01. The molecule has 0 unspecified atom stereocenters. The fraction of sp³-hybridized carbons (Fsp3) is 0.200. The molecule has 5 aromatic rings. The van der Waals surface area contributed by atoms with Crippen LogP contribution in [0.5, 0.6) is 11.5 Å². The summed E-state index contributed by atoms with van der Waals surface area (Å²) < 4.78 is 19.4. The second kappa shape index (κ2) is 11.4. The lowest BCUT2D eigenvalue weighted by molar-refractivity contribution is -0.131. The first kappa shape index (κ1) is 27.5. The van der Waals surface area contributed by atoms with Crippen LogP contribution in [0.4, 0.5) is 21.6 Å². The van der Waals surface area contributed by atoms with E-state index < -0.39 is 17.1 Å². The molecule has 44 heavy (non-hydrogen) atoms. The molecule has 7 rings (SSSR count). The van der Waals surface area contributed by atoms with E-state index in [1.54, 1.807) is 30.5 Å². The number of hydrogen-bond donors (Lipinski definition) is 2. The van der Waals surface area contributed by atoms with Gasteiger partial charge in [0.1, 0.15) is 28.5 Å². The average molecular weight is 588 g/mol. The third kappa shape index (κ3) is 5.56. The van der Waals surface area contributed by atoms with Gasteiger partial charge in [-0.2, -0.15) is 0 Å². The molecule has 0 spiro atoms. The highest BCUT2D eigenvalue weighted by Gasteiger charge is 2.56. The number of carbonyl (C=O) groups excluding carboxylic acids is 2. The van der Waals surface area contributed by atoms with Gasteiger partial charge in [-0.3, -0.25) is 14.6 Å². The maximum Gasteiger partial charge on any atom is 0.240 e. The number of pyridine rings is 2. The highest BCUT2D eigenvalue weighted by atomic mass is 19.1. The molecule has 0 bridgehead atoms. The van der Waals surface area contributed by atoms with E-state index in [0.29, 0.717) is 35.7 Å². The van der Waals surface area contributed by atoms with E-state index in [0.717, 1.165) is 40.9 Å². The molecule has 1 aliphatic heterocycles. The number of fused-ring (bicyclic) bond motifs is 1. The predicted octanol–water partition coefficient (Wildman–Crippen LogP) is 7.19. The van der Waals surface area contributed by atoms with Crippen molar-refractivity contribution in [3.8, 4) is 22.6 Å². The van der Waals surface area contributed by atoms with Crippen LogP contribution in [0.2, 0.25) is 0 Å². The predicted molar refractivity (Wildman–Crippen MR) is 168 cm³/mol. The topological polar surface area (TPSA) is 96.5 Å². The second-order valence-corrected chi connectivity index (χ2v) is 11.3. The normalized spacial score (nSPS) is 15.2. The molecule has 9 heteroatoms. The van der Waals surface area contributed by atoms with E-state index in [2.05, 4.69) is 37.6 Å². The van der Waals surface area contributed by atoms with E-state index >= 15 is 0 Å². The van der Waals surface area contributed by atoms with Gasteiger partial charge < -0.3 is 20.3 Å². The van der Waals surface area contributed by atoms with Crippen molar-refractivity contribution in [3.63, 3.8) is 0 Å². The van der Waals surface area contributed by atoms with Crippen LogP contribution in [-0.2, 0) is 9.59 Å². The number of ether oxygens (including phenoxy) is 1. The smallest absolute Gasteiger partial charge is 0.240 e. The number of halogens is 1. The van der Waals surface area contributed by atoms with Gasteiger partial charge in [-0.15, -0.1) is 0 Å². The lowest BCUT2D eigenvalue weighted by Crippen LogP contribution is -2.35. The van der Waals surface area contributed by atoms with Gasteiger partial charge in [0.2, 0.25) is 11.8 Å². The van der Waals surface area contributed by atoms with Gasteiger partial charge >= 0.3 is 0 Å². The van der Waals surface area contributed by atoms with Crippen molar-refractivity contribution in [1.29, 1.82) is 0 Å². The van der Waals surface area contributed by atoms with Gasteiger partial charge in [0, 0.05) is 47.8 Å². The van der Waals surface area contributed by atoms with Crippen molar-refractivity contribution in [2.24, 2.45) is 5.41 Å². The van der Waals surface area contributed by atoms with Crippen molar-refractivity contribution < 1.29 is 18.7 Å². The van der Waals surface area contributed by atoms with Crippen molar-refractivity contribution in [3.05, 3.63) is 103 Å². The number of nitrogens with zero attached hydrogens (tertiary/aromatic N) is 3. The van der Waals surface area contributed by atoms with Crippen LogP contribution < -0.4 is 20.3 Å². The van der Waals surface area contributed by atoms with Crippen molar-refractivity contribution >= 4 is 39.9 Å². The van der Waals surface area contributed by atoms with Crippen LogP contribution in [0.15, 0.2) is 97.3 Å². The average Bonchev–Trinajstić information content (AvgIpc) is 3.69. The van der Waals surface area contributed by atoms with Crippen LogP contribution in [0.3, 0.4) is 0 Å². The second-order valence-electron chi connectivity index (χ2n) is 11.3. The van der Waals surface area contributed by atoms with Gasteiger partial charge in [0.25, 0.3) is 0 Å². The standard InChI is InChI=1S/C35H30FN5O3/c36-25-5-7-26(8-6-25)39-33(42)35(16-17-35)34(43)40-27-9-11-28(12-10-27)44-31-15-18-37-30-21-23(3-13-29(30)31)24-4-14-32(38-22-24)41-19-1-2-20-41/h3-15,18,21-22H,1-2,16-17,19-20H2,(H,39,42)(H,40,43). The molecule has 3 aromatic carbocycles. The summed E-state index contributed by atoms with van der Waals surface area (Å²) in [4.78, 5) is 37.4. The molecule has 0 atom stereocenters.